The Morgan fingerprint density at radius 2 is 1.76 bits per heavy atom. The minimum absolute atomic E-state index is 0.107. The van der Waals surface area contributed by atoms with E-state index in [2.05, 4.69) is 5.32 Å². The minimum Gasteiger partial charge on any atom is -0.494 e. The third kappa shape index (κ3) is 5.58. The van der Waals surface area contributed by atoms with Gasteiger partial charge in [0.1, 0.15) is 5.75 Å². The van der Waals surface area contributed by atoms with E-state index in [0.29, 0.717) is 18.1 Å². The van der Waals surface area contributed by atoms with Crippen molar-refractivity contribution in [2.75, 3.05) is 32.8 Å². The maximum absolute atomic E-state index is 12.2. The molecule has 10 nitrogen and oxygen atoms in total. The second kappa shape index (κ2) is 9.93. The number of nitro groups is 1. The van der Waals surface area contributed by atoms with Crippen molar-refractivity contribution >= 4 is 23.3 Å². The molecule has 0 fully saturated rings. The molecule has 0 atom stereocenters. The summed E-state index contributed by atoms with van der Waals surface area (Å²) in [7, 11) is 2.79. The number of nitrogens with one attached hydrogen (secondary N) is 1. The van der Waals surface area contributed by atoms with Gasteiger partial charge in [-0.15, -0.1) is 0 Å². The number of ether oxygens (including phenoxy) is 4. The average Bonchev–Trinajstić information content (AvgIpc) is 2.72. The summed E-state index contributed by atoms with van der Waals surface area (Å²) in [6.45, 7) is 1.62. The van der Waals surface area contributed by atoms with Gasteiger partial charge in [-0.25, -0.2) is 4.79 Å². The molecular formula is C19H20N2O8. The first-order valence-electron chi connectivity index (χ1n) is 8.49. The van der Waals surface area contributed by atoms with Crippen LogP contribution in [0.4, 0.5) is 11.4 Å². The Labute approximate surface area is 166 Å². The van der Waals surface area contributed by atoms with Gasteiger partial charge >= 0.3 is 5.97 Å². The molecule has 0 aliphatic heterocycles. The highest BCUT2D eigenvalue weighted by Crippen LogP contribution is 2.29. The third-order valence-corrected chi connectivity index (χ3v) is 3.70. The Morgan fingerprint density at radius 3 is 2.38 bits per heavy atom. The number of esters is 1. The Morgan fingerprint density at radius 1 is 1.03 bits per heavy atom. The smallest absolute Gasteiger partial charge is 0.338 e. The molecule has 0 unspecified atom stereocenters. The summed E-state index contributed by atoms with van der Waals surface area (Å²) in [6, 6.07) is 8.23. The molecule has 29 heavy (non-hydrogen) atoms. The molecule has 10 heteroatoms. The lowest BCUT2D eigenvalue weighted by Gasteiger charge is -2.12. The first kappa shape index (κ1) is 21.5. The van der Waals surface area contributed by atoms with Crippen LogP contribution >= 0.6 is 0 Å². The lowest BCUT2D eigenvalue weighted by molar-refractivity contribution is -0.384. The van der Waals surface area contributed by atoms with Crippen molar-refractivity contribution < 1.29 is 33.5 Å². The van der Waals surface area contributed by atoms with Crippen LogP contribution in [-0.2, 0) is 9.53 Å². The molecule has 0 radical (unpaired) electrons. The van der Waals surface area contributed by atoms with Crippen LogP contribution in [0.5, 0.6) is 17.2 Å². The molecule has 2 aromatic carbocycles. The van der Waals surface area contributed by atoms with Gasteiger partial charge in [-0.2, -0.15) is 0 Å². The van der Waals surface area contributed by atoms with E-state index in [4.69, 9.17) is 18.9 Å². The van der Waals surface area contributed by atoms with Crippen molar-refractivity contribution in [1.82, 2.24) is 0 Å². The van der Waals surface area contributed by atoms with E-state index in [-0.39, 0.29) is 22.7 Å². The number of anilines is 1. The number of carbonyl (C=O) groups is 2. The van der Waals surface area contributed by atoms with Gasteiger partial charge < -0.3 is 24.3 Å². The van der Waals surface area contributed by atoms with E-state index >= 15 is 0 Å². The van der Waals surface area contributed by atoms with Crippen LogP contribution in [0.2, 0.25) is 0 Å². The molecule has 0 spiro atoms. The lowest BCUT2D eigenvalue weighted by Crippen LogP contribution is -2.21. The van der Waals surface area contributed by atoms with E-state index in [9.17, 15) is 19.7 Å². The van der Waals surface area contributed by atoms with Crippen molar-refractivity contribution in [3.63, 3.8) is 0 Å². The van der Waals surface area contributed by atoms with Gasteiger partial charge in [0.05, 0.1) is 43.1 Å². The fourth-order valence-electron chi connectivity index (χ4n) is 2.37. The van der Waals surface area contributed by atoms with Crippen molar-refractivity contribution in [1.29, 1.82) is 0 Å². The minimum atomic E-state index is -0.723. The van der Waals surface area contributed by atoms with Crippen LogP contribution in [0.15, 0.2) is 36.4 Å². The molecule has 0 aliphatic carbocycles. The quantitative estimate of drug-likeness (QED) is 0.384. The van der Waals surface area contributed by atoms with Gasteiger partial charge in [-0.1, -0.05) is 0 Å². The number of methoxy groups -OCH3 is 2. The van der Waals surface area contributed by atoms with Crippen LogP contribution in [0.1, 0.15) is 17.3 Å². The van der Waals surface area contributed by atoms with Crippen LogP contribution in [0.25, 0.3) is 0 Å². The van der Waals surface area contributed by atoms with Crippen LogP contribution < -0.4 is 19.5 Å². The maximum Gasteiger partial charge on any atom is 0.338 e. The molecule has 0 heterocycles. The van der Waals surface area contributed by atoms with Crippen LogP contribution in [0, 0.1) is 10.1 Å². The predicted molar refractivity (Wildman–Crippen MR) is 103 cm³/mol. The standard InChI is InChI=1S/C19H20N2O8/c1-4-28-17-9-12(5-8-15(17)26-2)19(23)29-11-18(22)20-14-7-6-13(21(24)25)10-16(14)27-3/h5-10H,4,11H2,1-3H3,(H,20,22). The lowest BCUT2D eigenvalue weighted by atomic mass is 10.2. The van der Waals surface area contributed by atoms with E-state index in [1.807, 2.05) is 0 Å². The number of benzene rings is 2. The second-order valence-electron chi connectivity index (χ2n) is 5.56. The predicted octanol–water partition coefficient (Wildman–Crippen LogP) is 2.81. The highest BCUT2D eigenvalue weighted by Gasteiger charge is 2.16. The third-order valence-electron chi connectivity index (χ3n) is 3.70. The maximum atomic E-state index is 12.2. The number of nitrogens with zero attached hydrogens (tertiary/aromatic N) is 1. The SMILES string of the molecule is CCOc1cc(C(=O)OCC(=O)Nc2ccc([N+](=O)[O-])cc2OC)ccc1OC. The highest BCUT2D eigenvalue weighted by atomic mass is 16.6. The zero-order chi connectivity index (χ0) is 21.4. The molecule has 1 N–H and O–H groups in total. The molecule has 0 saturated heterocycles. The Kier molecular flexibility index (Phi) is 7.35. The molecule has 0 aromatic heterocycles. The molecule has 0 aliphatic rings. The first-order valence-corrected chi connectivity index (χ1v) is 8.49. The fraction of sp³-hybridized carbons (Fsp3) is 0.263. The summed E-state index contributed by atoms with van der Waals surface area (Å²) in [5.74, 6) is -0.408. The van der Waals surface area contributed by atoms with Crippen molar-refractivity contribution in [2.24, 2.45) is 0 Å². The zero-order valence-corrected chi connectivity index (χ0v) is 16.1. The molecule has 0 saturated carbocycles. The van der Waals surface area contributed by atoms with Gasteiger partial charge in [-0.05, 0) is 31.2 Å². The number of nitro benzene ring substituents is 1. The number of hydrogen-bond donors (Lipinski definition) is 1. The Hall–Kier alpha value is -3.82. The highest BCUT2D eigenvalue weighted by molar-refractivity contribution is 5.96. The van der Waals surface area contributed by atoms with Crippen molar-refractivity contribution in [2.45, 2.75) is 6.92 Å². The number of hydrogen-bond acceptors (Lipinski definition) is 8. The normalized spacial score (nSPS) is 10.0. The molecule has 0 bridgehead atoms. The number of carbonyl (C=O) groups excluding carboxylic acids is 2. The fourth-order valence-corrected chi connectivity index (χ4v) is 2.37. The monoisotopic (exact) mass is 404 g/mol. The van der Waals surface area contributed by atoms with Gasteiger partial charge in [0.2, 0.25) is 0 Å². The molecule has 1 amide bonds. The number of rotatable bonds is 9. The van der Waals surface area contributed by atoms with Crippen molar-refractivity contribution in [3.8, 4) is 17.2 Å². The summed E-state index contributed by atoms with van der Waals surface area (Å²) in [5.41, 5.74) is 0.216. The van der Waals surface area contributed by atoms with Crippen molar-refractivity contribution in [3.05, 3.63) is 52.1 Å². The average molecular weight is 404 g/mol. The number of non-ortho nitro benzene ring substituents is 1. The van der Waals surface area contributed by atoms with Gasteiger partial charge in [0.25, 0.3) is 11.6 Å². The van der Waals surface area contributed by atoms with E-state index in [1.165, 1.54) is 44.6 Å². The van der Waals surface area contributed by atoms with E-state index in [1.54, 1.807) is 13.0 Å². The Bertz CT molecular complexity index is 913. The van der Waals surface area contributed by atoms with Crippen LogP contribution in [0.3, 0.4) is 0 Å². The summed E-state index contributed by atoms with van der Waals surface area (Å²) >= 11 is 0. The first-order chi connectivity index (χ1) is 13.9. The molecule has 2 rings (SSSR count). The van der Waals surface area contributed by atoms with Gasteiger partial charge in [0, 0.05) is 6.07 Å². The van der Waals surface area contributed by atoms with Gasteiger partial charge in [0.15, 0.2) is 18.1 Å². The largest absolute Gasteiger partial charge is 0.494 e. The van der Waals surface area contributed by atoms with E-state index < -0.39 is 23.4 Å². The topological polar surface area (TPSA) is 126 Å². The summed E-state index contributed by atoms with van der Waals surface area (Å²) in [6.07, 6.45) is 0. The Balaban J connectivity index is 2.01. The van der Waals surface area contributed by atoms with Crippen LogP contribution in [-0.4, -0.2) is 44.2 Å². The zero-order valence-electron chi connectivity index (χ0n) is 16.1. The second-order valence-corrected chi connectivity index (χ2v) is 5.56. The molecular weight excluding hydrogens is 384 g/mol. The summed E-state index contributed by atoms with van der Waals surface area (Å²) in [5, 5.41) is 13.3. The molecule has 2 aromatic rings. The summed E-state index contributed by atoms with van der Waals surface area (Å²) in [4.78, 5) is 34.5. The summed E-state index contributed by atoms with van der Waals surface area (Å²) < 4.78 is 20.6. The number of amides is 1. The van der Waals surface area contributed by atoms with E-state index in [0.717, 1.165) is 0 Å². The molecule has 154 valence electrons. The van der Waals surface area contributed by atoms with Gasteiger partial charge in [-0.3, -0.25) is 14.9 Å².